The van der Waals surface area contributed by atoms with Gasteiger partial charge >= 0.3 is 6.09 Å². The van der Waals surface area contributed by atoms with Crippen LogP contribution in [0.2, 0.25) is 0 Å². The minimum Gasteiger partial charge on any atom is -0.444 e. The van der Waals surface area contributed by atoms with Gasteiger partial charge in [-0.1, -0.05) is 0 Å². The van der Waals surface area contributed by atoms with Gasteiger partial charge in [0.1, 0.15) is 10.2 Å². The van der Waals surface area contributed by atoms with Crippen LogP contribution in [0.3, 0.4) is 0 Å². The lowest BCUT2D eigenvalue weighted by molar-refractivity contribution is 0.0240. The third-order valence-corrected chi connectivity index (χ3v) is 3.10. The predicted octanol–water partition coefficient (Wildman–Crippen LogP) is 1.69. The molecule has 2 heterocycles. The number of anilines is 1. The Balaban J connectivity index is 1.89. The smallest absolute Gasteiger partial charge is 0.410 e. The lowest BCUT2D eigenvalue weighted by Gasteiger charge is -2.35. The van der Waals surface area contributed by atoms with Gasteiger partial charge in [0.2, 0.25) is 5.95 Å². The van der Waals surface area contributed by atoms with Crippen LogP contribution < -0.4 is 4.90 Å². The zero-order chi connectivity index (χ0) is 14.8. The van der Waals surface area contributed by atoms with Gasteiger partial charge in [-0.3, -0.25) is 0 Å². The topological polar surface area (TPSA) is 71.5 Å². The van der Waals surface area contributed by atoms with Gasteiger partial charge in [0.15, 0.2) is 0 Å². The van der Waals surface area contributed by atoms with E-state index in [0.717, 1.165) is 0 Å². The highest BCUT2D eigenvalue weighted by atomic mass is 79.9. The van der Waals surface area contributed by atoms with Crippen LogP contribution in [-0.4, -0.2) is 58.0 Å². The first kappa shape index (κ1) is 15.0. The maximum absolute atomic E-state index is 11.9. The lowest BCUT2D eigenvalue weighted by Crippen LogP contribution is -2.50. The summed E-state index contributed by atoms with van der Waals surface area (Å²) in [6, 6.07) is 0. The van der Waals surface area contributed by atoms with Crippen LogP contribution in [0, 0.1) is 0 Å². The molecule has 0 atom stereocenters. The highest BCUT2D eigenvalue weighted by Gasteiger charge is 2.26. The number of piperazine rings is 1. The molecule has 0 saturated carbocycles. The summed E-state index contributed by atoms with van der Waals surface area (Å²) >= 11 is 3.20. The van der Waals surface area contributed by atoms with Gasteiger partial charge in [0, 0.05) is 26.2 Å². The third kappa shape index (κ3) is 4.03. The van der Waals surface area contributed by atoms with Crippen molar-refractivity contribution < 1.29 is 9.53 Å². The second kappa shape index (κ2) is 5.90. The molecule has 2 rings (SSSR count). The van der Waals surface area contributed by atoms with Gasteiger partial charge in [0.25, 0.3) is 0 Å². The Morgan fingerprint density at radius 3 is 2.40 bits per heavy atom. The van der Waals surface area contributed by atoms with E-state index in [9.17, 15) is 4.79 Å². The van der Waals surface area contributed by atoms with Crippen molar-refractivity contribution >= 4 is 28.0 Å². The van der Waals surface area contributed by atoms with Crippen LogP contribution >= 0.6 is 15.9 Å². The number of carbonyl (C=O) groups is 1. The van der Waals surface area contributed by atoms with Crippen LogP contribution in [0.25, 0.3) is 0 Å². The van der Waals surface area contributed by atoms with Crippen molar-refractivity contribution in [2.75, 3.05) is 31.1 Å². The molecule has 0 unspecified atom stereocenters. The van der Waals surface area contributed by atoms with Gasteiger partial charge in [-0.15, -0.1) is 10.2 Å². The van der Waals surface area contributed by atoms with Crippen molar-refractivity contribution in [3.8, 4) is 0 Å². The van der Waals surface area contributed by atoms with E-state index in [-0.39, 0.29) is 6.09 Å². The SMILES string of the molecule is CC(C)(C)OC(=O)N1CCN(c2ncc(Br)nn2)CC1. The minimum absolute atomic E-state index is 0.271. The number of nitrogens with zero attached hydrogens (tertiary/aromatic N) is 5. The monoisotopic (exact) mass is 343 g/mol. The first-order valence-corrected chi connectivity index (χ1v) is 7.22. The highest BCUT2D eigenvalue weighted by molar-refractivity contribution is 9.10. The van der Waals surface area contributed by atoms with Crippen LogP contribution in [-0.2, 0) is 4.74 Å². The maximum atomic E-state index is 11.9. The molecule has 0 spiro atoms. The van der Waals surface area contributed by atoms with E-state index in [4.69, 9.17) is 4.74 Å². The van der Waals surface area contributed by atoms with Crippen molar-refractivity contribution in [2.24, 2.45) is 0 Å². The highest BCUT2D eigenvalue weighted by Crippen LogP contribution is 2.14. The number of hydrogen-bond donors (Lipinski definition) is 0. The molecule has 1 aromatic heterocycles. The molecule has 20 heavy (non-hydrogen) atoms. The number of ether oxygens (including phenoxy) is 1. The first-order chi connectivity index (χ1) is 9.35. The number of carbonyl (C=O) groups excluding carboxylic acids is 1. The van der Waals surface area contributed by atoms with E-state index in [0.29, 0.717) is 36.7 Å². The number of rotatable bonds is 1. The fraction of sp³-hybridized carbons (Fsp3) is 0.667. The van der Waals surface area contributed by atoms with Crippen molar-refractivity contribution in [1.82, 2.24) is 20.1 Å². The summed E-state index contributed by atoms with van der Waals surface area (Å²) in [6.07, 6.45) is 1.34. The van der Waals surface area contributed by atoms with Crippen LogP contribution in [0.4, 0.5) is 10.7 Å². The van der Waals surface area contributed by atoms with Crippen LogP contribution in [0.1, 0.15) is 20.8 Å². The largest absolute Gasteiger partial charge is 0.444 e. The molecule has 8 heteroatoms. The van der Waals surface area contributed by atoms with Crippen molar-refractivity contribution in [1.29, 1.82) is 0 Å². The third-order valence-electron chi connectivity index (χ3n) is 2.74. The average Bonchev–Trinajstić information content (AvgIpc) is 2.38. The van der Waals surface area contributed by atoms with Crippen LogP contribution in [0.5, 0.6) is 0 Å². The molecule has 1 fully saturated rings. The van der Waals surface area contributed by atoms with Crippen molar-refractivity contribution in [3.63, 3.8) is 0 Å². The Labute approximate surface area is 126 Å². The van der Waals surface area contributed by atoms with Crippen LogP contribution in [0.15, 0.2) is 10.8 Å². The van der Waals surface area contributed by atoms with E-state index in [1.54, 1.807) is 11.1 Å². The summed E-state index contributed by atoms with van der Waals surface area (Å²) in [5, 5.41) is 7.93. The first-order valence-electron chi connectivity index (χ1n) is 6.43. The van der Waals surface area contributed by atoms with Gasteiger partial charge in [-0.2, -0.15) is 0 Å². The summed E-state index contributed by atoms with van der Waals surface area (Å²) in [5.41, 5.74) is -0.465. The maximum Gasteiger partial charge on any atom is 0.410 e. The molecule has 1 aliphatic rings. The summed E-state index contributed by atoms with van der Waals surface area (Å²) in [4.78, 5) is 19.8. The van der Waals surface area contributed by atoms with E-state index in [1.807, 2.05) is 25.7 Å². The number of halogens is 1. The molecule has 0 radical (unpaired) electrons. The fourth-order valence-electron chi connectivity index (χ4n) is 1.82. The summed E-state index contributed by atoms with van der Waals surface area (Å²) in [5.74, 6) is 0.581. The zero-order valence-electron chi connectivity index (χ0n) is 11.8. The molecule has 0 N–H and O–H groups in total. The molecule has 1 saturated heterocycles. The summed E-state index contributed by atoms with van der Waals surface area (Å²) in [7, 11) is 0. The zero-order valence-corrected chi connectivity index (χ0v) is 13.4. The Hall–Kier alpha value is -1.44. The van der Waals surface area contributed by atoms with Gasteiger partial charge in [-0.25, -0.2) is 9.78 Å². The minimum atomic E-state index is -0.465. The van der Waals surface area contributed by atoms with E-state index in [2.05, 4.69) is 31.1 Å². The molecular weight excluding hydrogens is 326 g/mol. The van der Waals surface area contributed by atoms with E-state index >= 15 is 0 Å². The fourth-order valence-corrected chi connectivity index (χ4v) is 2.00. The molecule has 0 bridgehead atoms. The number of aromatic nitrogens is 3. The molecule has 0 aliphatic carbocycles. The Morgan fingerprint density at radius 1 is 1.25 bits per heavy atom. The quantitative estimate of drug-likeness (QED) is 0.772. The van der Waals surface area contributed by atoms with Crippen molar-refractivity contribution in [2.45, 2.75) is 26.4 Å². The molecule has 7 nitrogen and oxygen atoms in total. The van der Waals surface area contributed by atoms with Gasteiger partial charge in [-0.05, 0) is 36.7 Å². The summed E-state index contributed by atoms with van der Waals surface area (Å²) in [6.45, 7) is 8.11. The van der Waals surface area contributed by atoms with Gasteiger partial charge < -0.3 is 14.5 Å². The number of hydrogen-bond acceptors (Lipinski definition) is 6. The molecule has 1 aliphatic heterocycles. The van der Waals surface area contributed by atoms with Gasteiger partial charge in [0.05, 0.1) is 6.20 Å². The average molecular weight is 344 g/mol. The summed E-state index contributed by atoms with van der Waals surface area (Å²) < 4.78 is 5.96. The Morgan fingerprint density at radius 2 is 1.90 bits per heavy atom. The molecule has 1 aromatic rings. The standard InChI is InChI=1S/C12H18BrN5O2/c1-12(2,3)20-11(19)18-6-4-17(5-7-18)10-14-8-9(13)15-16-10/h8H,4-7H2,1-3H3. The predicted molar refractivity (Wildman–Crippen MR) is 77.5 cm³/mol. The lowest BCUT2D eigenvalue weighted by atomic mass is 10.2. The molecular formula is C12H18BrN5O2. The molecule has 0 aromatic carbocycles. The van der Waals surface area contributed by atoms with E-state index < -0.39 is 5.60 Å². The van der Waals surface area contributed by atoms with E-state index in [1.165, 1.54) is 0 Å². The molecule has 1 amide bonds. The Kier molecular flexibility index (Phi) is 4.42. The second-order valence-corrected chi connectivity index (χ2v) is 6.35. The number of amides is 1. The van der Waals surface area contributed by atoms with Crippen molar-refractivity contribution in [3.05, 3.63) is 10.8 Å². The second-order valence-electron chi connectivity index (χ2n) is 5.54. The normalized spacial score (nSPS) is 16.2. The Bertz CT molecular complexity index is 466. The molecule has 110 valence electrons.